The van der Waals surface area contributed by atoms with Gasteiger partial charge in [0.1, 0.15) is 0 Å². The molecule has 0 amide bonds. The van der Waals surface area contributed by atoms with Crippen molar-refractivity contribution in [1.29, 1.82) is 0 Å². The lowest BCUT2D eigenvalue weighted by molar-refractivity contribution is -0.00221. The molecule has 2 atom stereocenters. The van der Waals surface area contributed by atoms with Crippen molar-refractivity contribution < 1.29 is 0 Å². The summed E-state index contributed by atoms with van der Waals surface area (Å²) in [5.41, 5.74) is 0. The number of fused-ring (bicyclic) bond motifs is 2. The van der Waals surface area contributed by atoms with Crippen molar-refractivity contribution in [3.63, 3.8) is 0 Å². The predicted octanol–water partition coefficient (Wildman–Crippen LogP) is 1.24. The fourth-order valence-electron chi connectivity index (χ4n) is 2.04. The molecule has 2 aliphatic heterocycles. The maximum atomic E-state index is 2.53. The van der Waals surface area contributed by atoms with Crippen LogP contribution in [0.1, 0.15) is 25.7 Å². The van der Waals surface area contributed by atoms with Gasteiger partial charge in [-0.1, -0.05) is 6.42 Å². The molecule has 2 heterocycles. The molecular formula is C7H13N. The highest BCUT2D eigenvalue weighted by Crippen LogP contribution is 2.35. The molecular weight excluding hydrogens is 98.1 g/mol. The number of piperidine rings is 1. The zero-order chi connectivity index (χ0) is 5.56. The second-order valence-corrected chi connectivity index (χ2v) is 3.14. The molecule has 2 bridgehead atoms. The summed E-state index contributed by atoms with van der Waals surface area (Å²) in [7, 11) is 2.26. The van der Waals surface area contributed by atoms with Crippen LogP contribution in [0.5, 0.6) is 0 Å². The first-order valence-corrected chi connectivity index (χ1v) is 3.60. The second kappa shape index (κ2) is 1.47. The summed E-state index contributed by atoms with van der Waals surface area (Å²) in [5.74, 6) is 0. The van der Waals surface area contributed by atoms with Crippen molar-refractivity contribution in [3.8, 4) is 0 Å². The van der Waals surface area contributed by atoms with Crippen molar-refractivity contribution >= 4 is 0 Å². The van der Waals surface area contributed by atoms with E-state index >= 15 is 0 Å². The first kappa shape index (κ1) is 4.80. The topological polar surface area (TPSA) is 3.24 Å². The van der Waals surface area contributed by atoms with Crippen molar-refractivity contribution in [2.45, 2.75) is 37.8 Å². The van der Waals surface area contributed by atoms with Gasteiger partial charge in [-0.05, 0) is 26.3 Å². The van der Waals surface area contributed by atoms with Crippen LogP contribution in [-0.2, 0) is 0 Å². The van der Waals surface area contributed by atoms with Gasteiger partial charge < -0.3 is 4.90 Å². The second-order valence-electron chi connectivity index (χ2n) is 3.14. The van der Waals surface area contributed by atoms with Crippen LogP contribution in [0.2, 0.25) is 0 Å². The lowest BCUT2D eigenvalue weighted by atomic mass is 9.80. The first-order chi connectivity index (χ1) is 3.88. The molecule has 0 aromatic heterocycles. The maximum Gasteiger partial charge on any atom is 0.0110 e. The molecule has 3 fully saturated rings. The summed E-state index contributed by atoms with van der Waals surface area (Å²) >= 11 is 0. The van der Waals surface area contributed by atoms with Crippen LogP contribution in [0.15, 0.2) is 0 Å². The van der Waals surface area contributed by atoms with Crippen molar-refractivity contribution in [2.24, 2.45) is 0 Å². The van der Waals surface area contributed by atoms with E-state index in [-0.39, 0.29) is 0 Å². The van der Waals surface area contributed by atoms with Crippen molar-refractivity contribution in [1.82, 2.24) is 4.90 Å². The van der Waals surface area contributed by atoms with E-state index in [1.54, 1.807) is 0 Å². The quantitative estimate of drug-likeness (QED) is 0.454. The minimum Gasteiger partial charge on any atom is -0.300 e. The van der Waals surface area contributed by atoms with Gasteiger partial charge in [-0.3, -0.25) is 0 Å². The lowest BCUT2D eigenvalue weighted by Crippen LogP contribution is -2.56. The Balaban J connectivity index is 2.03. The highest BCUT2D eigenvalue weighted by atomic mass is 15.2. The molecule has 46 valence electrons. The fourth-order valence-corrected chi connectivity index (χ4v) is 2.04. The highest BCUT2D eigenvalue weighted by Gasteiger charge is 2.37. The van der Waals surface area contributed by atoms with E-state index in [2.05, 4.69) is 11.9 Å². The summed E-state index contributed by atoms with van der Waals surface area (Å²) < 4.78 is 0. The summed E-state index contributed by atoms with van der Waals surface area (Å²) in [5, 5.41) is 0. The summed E-state index contributed by atoms with van der Waals surface area (Å²) in [6, 6.07) is 1.96. The van der Waals surface area contributed by atoms with Gasteiger partial charge in [0.2, 0.25) is 0 Å². The van der Waals surface area contributed by atoms with Gasteiger partial charge in [-0.25, -0.2) is 0 Å². The molecule has 0 aromatic carbocycles. The first-order valence-electron chi connectivity index (χ1n) is 3.60. The smallest absolute Gasteiger partial charge is 0.0110 e. The van der Waals surface area contributed by atoms with E-state index in [0.717, 1.165) is 12.1 Å². The molecule has 1 aliphatic carbocycles. The number of rotatable bonds is 0. The molecule has 0 radical (unpaired) electrons. The molecule has 0 N–H and O–H groups in total. The van der Waals surface area contributed by atoms with Crippen LogP contribution in [0.3, 0.4) is 0 Å². The molecule has 3 rings (SSSR count). The number of nitrogens with zero attached hydrogens (tertiary/aromatic N) is 1. The zero-order valence-corrected chi connectivity index (χ0v) is 5.43. The van der Waals surface area contributed by atoms with Gasteiger partial charge in [0.25, 0.3) is 0 Å². The fraction of sp³-hybridized carbons (Fsp3) is 1.00. The van der Waals surface area contributed by atoms with Crippen LogP contribution in [-0.4, -0.2) is 24.0 Å². The third-order valence-electron chi connectivity index (χ3n) is 2.77. The largest absolute Gasteiger partial charge is 0.300 e. The highest BCUT2D eigenvalue weighted by molar-refractivity contribution is 4.94. The van der Waals surface area contributed by atoms with Crippen LogP contribution in [0.4, 0.5) is 0 Å². The molecule has 8 heavy (non-hydrogen) atoms. The average molecular weight is 111 g/mol. The minimum absolute atomic E-state index is 0.980. The Kier molecular flexibility index (Phi) is 0.884. The zero-order valence-electron chi connectivity index (χ0n) is 5.43. The van der Waals surface area contributed by atoms with Crippen LogP contribution in [0.25, 0.3) is 0 Å². The van der Waals surface area contributed by atoms with Gasteiger partial charge >= 0.3 is 0 Å². The lowest BCUT2D eigenvalue weighted by Gasteiger charge is -2.50. The standard InChI is InChI=1S/C7H13N/c1-8-6-3-2-4-7(8)5-6/h6-7H,2-5H2,1H3/t6-,7+. The minimum atomic E-state index is 0.980. The molecule has 3 aliphatic rings. The van der Waals surface area contributed by atoms with E-state index in [1.165, 1.54) is 25.7 Å². The SMILES string of the molecule is CN1[C@@H]2CCC[C@H]1C2. The van der Waals surface area contributed by atoms with Gasteiger partial charge in [-0.15, -0.1) is 0 Å². The third-order valence-corrected chi connectivity index (χ3v) is 2.77. The Labute approximate surface area is 50.7 Å². The maximum absolute atomic E-state index is 2.53. The summed E-state index contributed by atoms with van der Waals surface area (Å²) in [6.07, 6.45) is 5.91. The van der Waals surface area contributed by atoms with E-state index in [4.69, 9.17) is 0 Å². The Morgan fingerprint density at radius 3 is 2.12 bits per heavy atom. The van der Waals surface area contributed by atoms with E-state index in [1.807, 2.05) is 0 Å². The van der Waals surface area contributed by atoms with Gasteiger partial charge in [0.15, 0.2) is 0 Å². The molecule has 1 heteroatoms. The summed E-state index contributed by atoms with van der Waals surface area (Å²) in [6.45, 7) is 0. The molecule has 0 aromatic rings. The number of hydrogen-bond donors (Lipinski definition) is 0. The van der Waals surface area contributed by atoms with E-state index in [9.17, 15) is 0 Å². The Morgan fingerprint density at radius 1 is 1.25 bits per heavy atom. The Bertz CT molecular complexity index is 86.6. The van der Waals surface area contributed by atoms with Crippen molar-refractivity contribution in [2.75, 3.05) is 7.05 Å². The van der Waals surface area contributed by atoms with Crippen LogP contribution >= 0.6 is 0 Å². The normalized spacial score (nSPS) is 46.1. The number of hydrogen-bond acceptors (Lipinski definition) is 1. The Morgan fingerprint density at radius 2 is 1.88 bits per heavy atom. The molecule has 0 unspecified atom stereocenters. The Hall–Kier alpha value is -0.0400. The average Bonchev–Trinajstić information content (AvgIpc) is 1.89. The van der Waals surface area contributed by atoms with Gasteiger partial charge in [0.05, 0.1) is 0 Å². The van der Waals surface area contributed by atoms with Gasteiger partial charge in [-0.2, -0.15) is 0 Å². The molecule has 1 nitrogen and oxygen atoms in total. The van der Waals surface area contributed by atoms with E-state index in [0.29, 0.717) is 0 Å². The third kappa shape index (κ3) is 0.455. The van der Waals surface area contributed by atoms with Crippen molar-refractivity contribution in [3.05, 3.63) is 0 Å². The molecule has 1 saturated carbocycles. The van der Waals surface area contributed by atoms with Gasteiger partial charge in [0, 0.05) is 12.1 Å². The molecule has 0 spiro atoms. The monoisotopic (exact) mass is 111 g/mol. The van der Waals surface area contributed by atoms with Crippen LogP contribution < -0.4 is 0 Å². The van der Waals surface area contributed by atoms with Crippen LogP contribution in [0, 0.1) is 0 Å². The summed E-state index contributed by atoms with van der Waals surface area (Å²) in [4.78, 5) is 2.53. The predicted molar refractivity (Wildman–Crippen MR) is 33.8 cm³/mol. The molecule has 2 saturated heterocycles. The van der Waals surface area contributed by atoms with E-state index < -0.39 is 0 Å².